The number of halogens is 3. The van der Waals surface area contributed by atoms with E-state index >= 15 is 0 Å². The maximum atomic E-state index is 14.2. The van der Waals surface area contributed by atoms with Gasteiger partial charge in [-0.05, 0) is 68.7 Å². The molecule has 0 aromatic heterocycles. The first-order valence-corrected chi connectivity index (χ1v) is 15.8. The minimum absolute atomic E-state index is 0.00625. The molecule has 0 bridgehead atoms. The van der Waals surface area contributed by atoms with Gasteiger partial charge in [-0.1, -0.05) is 79.0 Å². The van der Waals surface area contributed by atoms with E-state index in [0.29, 0.717) is 27.1 Å². The number of hydrogen-bond acceptors (Lipinski definition) is 4. The highest BCUT2D eigenvalue weighted by Gasteiger charge is 2.34. The first-order chi connectivity index (χ1) is 19.4. The van der Waals surface area contributed by atoms with Crippen LogP contribution in [0.25, 0.3) is 0 Å². The van der Waals surface area contributed by atoms with Gasteiger partial charge in [0.15, 0.2) is 0 Å². The molecular weight excluding hydrogens is 605 g/mol. The van der Waals surface area contributed by atoms with E-state index in [0.717, 1.165) is 9.87 Å². The molecule has 220 valence electrons. The van der Waals surface area contributed by atoms with Crippen LogP contribution in [0.3, 0.4) is 0 Å². The molecule has 11 heteroatoms. The van der Waals surface area contributed by atoms with Gasteiger partial charge in [0.05, 0.1) is 10.6 Å². The Morgan fingerprint density at radius 2 is 1.51 bits per heavy atom. The van der Waals surface area contributed by atoms with Crippen molar-refractivity contribution in [2.24, 2.45) is 0 Å². The lowest BCUT2D eigenvalue weighted by atomic mass is 10.1. The molecule has 0 heterocycles. The van der Waals surface area contributed by atoms with E-state index in [1.54, 1.807) is 62.4 Å². The number of anilines is 1. The van der Waals surface area contributed by atoms with Crippen molar-refractivity contribution in [3.63, 3.8) is 0 Å². The van der Waals surface area contributed by atoms with Gasteiger partial charge in [-0.15, -0.1) is 0 Å². The van der Waals surface area contributed by atoms with E-state index in [-0.39, 0.29) is 35.5 Å². The van der Waals surface area contributed by atoms with Gasteiger partial charge >= 0.3 is 0 Å². The van der Waals surface area contributed by atoms with Crippen molar-refractivity contribution in [2.75, 3.05) is 10.8 Å². The third-order valence-corrected chi connectivity index (χ3v) is 9.73. The van der Waals surface area contributed by atoms with Gasteiger partial charge in [-0.3, -0.25) is 13.9 Å². The van der Waals surface area contributed by atoms with Gasteiger partial charge in [-0.25, -0.2) is 8.42 Å². The fourth-order valence-corrected chi connectivity index (χ4v) is 6.32. The zero-order valence-corrected chi connectivity index (χ0v) is 26.5. The first-order valence-electron chi connectivity index (χ1n) is 13.3. The first kappa shape index (κ1) is 32.7. The van der Waals surface area contributed by atoms with Crippen LogP contribution in [0.4, 0.5) is 5.69 Å². The van der Waals surface area contributed by atoms with Crippen LogP contribution in [0.15, 0.2) is 71.6 Å². The Labute approximate surface area is 257 Å². The molecule has 41 heavy (non-hydrogen) atoms. The normalized spacial score (nSPS) is 12.9. The smallest absolute Gasteiger partial charge is 0.264 e. The summed E-state index contributed by atoms with van der Waals surface area (Å²) in [5.74, 6) is -0.961. The molecule has 0 saturated heterocycles. The third kappa shape index (κ3) is 7.95. The molecule has 3 aromatic rings. The van der Waals surface area contributed by atoms with E-state index in [1.807, 2.05) is 13.8 Å². The molecule has 1 N–H and O–H groups in total. The monoisotopic (exact) mass is 637 g/mol. The van der Waals surface area contributed by atoms with Crippen molar-refractivity contribution >= 4 is 62.3 Å². The SMILES string of the molecule is CCC(C)NC(=O)C(CC)N(Cc1c(Cl)cccc1Cl)C(=O)CN(c1ccc(C)c(Cl)c1)S(=O)(=O)c1ccccc1. The second kappa shape index (κ2) is 14.4. The summed E-state index contributed by atoms with van der Waals surface area (Å²) in [6.45, 7) is 6.70. The fraction of sp³-hybridized carbons (Fsp3) is 0.333. The number of carbonyl (C=O) groups excluding carboxylic acids is 2. The molecule has 0 radical (unpaired) electrons. The fourth-order valence-electron chi connectivity index (χ4n) is 4.20. The highest BCUT2D eigenvalue weighted by molar-refractivity contribution is 7.92. The van der Waals surface area contributed by atoms with Crippen LogP contribution in [-0.4, -0.2) is 43.8 Å². The molecular formula is C30H34Cl3N3O4S. The summed E-state index contributed by atoms with van der Waals surface area (Å²) in [4.78, 5) is 28.9. The molecule has 7 nitrogen and oxygen atoms in total. The number of nitrogens with zero attached hydrogens (tertiary/aromatic N) is 2. The Morgan fingerprint density at radius 1 is 0.878 bits per heavy atom. The lowest BCUT2D eigenvalue weighted by Gasteiger charge is -2.34. The van der Waals surface area contributed by atoms with Gasteiger partial charge in [0, 0.05) is 33.2 Å². The Kier molecular flexibility index (Phi) is 11.5. The summed E-state index contributed by atoms with van der Waals surface area (Å²) in [5, 5.41) is 3.94. The second-order valence-electron chi connectivity index (χ2n) is 9.72. The molecule has 0 aliphatic heterocycles. The lowest BCUT2D eigenvalue weighted by molar-refractivity contribution is -0.140. The third-order valence-electron chi connectivity index (χ3n) is 6.83. The summed E-state index contributed by atoms with van der Waals surface area (Å²) in [6, 6.07) is 16.6. The van der Waals surface area contributed by atoms with Crippen LogP contribution in [0.1, 0.15) is 44.7 Å². The molecule has 3 rings (SSSR count). The molecule has 0 aliphatic carbocycles. The topological polar surface area (TPSA) is 86.8 Å². The van der Waals surface area contributed by atoms with Crippen LogP contribution >= 0.6 is 34.8 Å². The van der Waals surface area contributed by atoms with Gasteiger partial charge in [-0.2, -0.15) is 0 Å². The summed E-state index contributed by atoms with van der Waals surface area (Å²) < 4.78 is 28.8. The molecule has 2 unspecified atom stereocenters. The number of aryl methyl sites for hydroxylation is 1. The van der Waals surface area contributed by atoms with E-state index in [1.165, 1.54) is 23.1 Å². The molecule has 0 aliphatic rings. The van der Waals surface area contributed by atoms with Crippen molar-refractivity contribution < 1.29 is 18.0 Å². The quantitative estimate of drug-likeness (QED) is 0.235. The number of sulfonamides is 1. The predicted molar refractivity (Wildman–Crippen MR) is 166 cm³/mol. The number of nitrogens with one attached hydrogen (secondary N) is 1. The van der Waals surface area contributed by atoms with Gasteiger partial charge in [0.1, 0.15) is 12.6 Å². The largest absolute Gasteiger partial charge is 0.352 e. The Hall–Kier alpha value is -2.78. The zero-order chi connectivity index (χ0) is 30.3. The van der Waals surface area contributed by atoms with E-state index in [4.69, 9.17) is 34.8 Å². The summed E-state index contributed by atoms with van der Waals surface area (Å²) in [5.41, 5.74) is 1.42. The lowest BCUT2D eigenvalue weighted by Crippen LogP contribution is -2.53. The van der Waals surface area contributed by atoms with Crippen LogP contribution in [0.5, 0.6) is 0 Å². The van der Waals surface area contributed by atoms with E-state index in [9.17, 15) is 18.0 Å². The molecule has 2 amide bonds. The Morgan fingerprint density at radius 3 is 2.07 bits per heavy atom. The summed E-state index contributed by atoms with van der Waals surface area (Å²) in [7, 11) is -4.20. The summed E-state index contributed by atoms with van der Waals surface area (Å²) >= 11 is 19.3. The number of rotatable bonds is 12. The maximum Gasteiger partial charge on any atom is 0.264 e. The number of benzene rings is 3. The van der Waals surface area contributed by atoms with Crippen molar-refractivity contribution in [3.8, 4) is 0 Å². The maximum absolute atomic E-state index is 14.2. The van der Waals surface area contributed by atoms with Crippen LogP contribution in [0.2, 0.25) is 15.1 Å². The molecule has 0 fully saturated rings. The average Bonchev–Trinajstić information content (AvgIpc) is 2.94. The average molecular weight is 639 g/mol. The highest BCUT2D eigenvalue weighted by Crippen LogP contribution is 2.30. The van der Waals surface area contributed by atoms with E-state index < -0.39 is 28.5 Å². The minimum Gasteiger partial charge on any atom is -0.352 e. The van der Waals surface area contributed by atoms with Gasteiger partial charge < -0.3 is 10.2 Å². The number of hydrogen-bond donors (Lipinski definition) is 1. The van der Waals surface area contributed by atoms with Crippen molar-refractivity contribution in [2.45, 2.75) is 64.1 Å². The van der Waals surface area contributed by atoms with Gasteiger partial charge in [0.25, 0.3) is 10.0 Å². The van der Waals surface area contributed by atoms with Crippen molar-refractivity contribution in [3.05, 3.63) is 92.9 Å². The summed E-state index contributed by atoms with van der Waals surface area (Å²) in [6.07, 6.45) is 0.974. The van der Waals surface area contributed by atoms with E-state index in [2.05, 4.69) is 5.32 Å². The Balaban J connectivity index is 2.11. The molecule has 3 aromatic carbocycles. The Bertz CT molecular complexity index is 1470. The van der Waals surface area contributed by atoms with Gasteiger partial charge in [0.2, 0.25) is 11.8 Å². The highest BCUT2D eigenvalue weighted by atomic mass is 35.5. The minimum atomic E-state index is -4.20. The zero-order valence-electron chi connectivity index (χ0n) is 23.4. The second-order valence-corrected chi connectivity index (χ2v) is 12.8. The molecule has 0 spiro atoms. The van der Waals surface area contributed by atoms with Crippen molar-refractivity contribution in [1.29, 1.82) is 0 Å². The molecule has 2 atom stereocenters. The van der Waals surface area contributed by atoms with Crippen LogP contribution < -0.4 is 9.62 Å². The number of carbonyl (C=O) groups is 2. The number of amides is 2. The predicted octanol–water partition coefficient (Wildman–Crippen LogP) is 6.87. The standard InChI is InChI=1S/C30H34Cl3N3O4S/c1-5-21(4)34-30(38)28(6-2)35(18-24-25(31)13-10-14-26(24)32)29(37)19-36(22-16-15-20(3)27(33)17-22)41(39,40)23-11-8-7-9-12-23/h7-17,21,28H,5-6,18-19H2,1-4H3,(H,34,38). The van der Waals surface area contributed by atoms with Crippen LogP contribution in [-0.2, 0) is 26.2 Å². The molecule has 0 saturated carbocycles. The van der Waals surface area contributed by atoms with Crippen molar-refractivity contribution in [1.82, 2.24) is 10.2 Å². The van der Waals surface area contributed by atoms with Crippen LogP contribution in [0, 0.1) is 6.92 Å².